The first-order chi connectivity index (χ1) is 11.0. The predicted octanol–water partition coefficient (Wildman–Crippen LogP) is 4.75. The van der Waals surface area contributed by atoms with Gasteiger partial charge in [-0.15, -0.1) is 0 Å². The highest BCUT2D eigenvalue weighted by Crippen LogP contribution is 2.41. The number of likely N-dealkylation sites (N-methyl/N-ethyl adjacent to an activating group) is 1. The maximum atomic E-state index is 14.0. The number of benzene rings is 2. The molecule has 1 aliphatic heterocycles. The highest BCUT2D eigenvalue weighted by atomic mass is 32.2. The van der Waals surface area contributed by atoms with Crippen molar-refractivity contribution in [3.63, 3.8) is 0 Å². The molecule has 3 rings (SSSR count). The molecule has 2 aromatic rings. The first-order valence-corrected chi connectivity index (χ1v) is 7.86. The van der Waals surface area contributed by atoms with Crippen molar-refractivity contribution in [3.8, 4) is 17.2 Å². The van der Waals surface area contributed by atoms with Gasteiger partial charge in [-0.1, -0.05) is 12.1 Å². The Hall–Kier alpha value is -2.16. The highest BCUT2D eigenvalue weighted by Gasteiger charge is 2.20. The van der Waals surface area contributed by atoms with Crippen molar-refractivity contribution in [1.82, 2.24) is 4.31 Å². The maximum absolute atomic E-state index is 14.0. The summed E-state index contributed by atoms with van der Waals surface area (Å²) in [6.07, 6.45) is 2.08. The van der Waals surface area contributed by atoms with Crippen LogP contribution in [0.15, 0.2) is 36.4 Å². The molecular weight excluding hydrogens is 314 g/mol. The molecule has 23 heavy (non-hydrogen) atoms. The van der Waals surface area contributed by atoms with Crippen molar-refractivity contribution in [2.75, 3.05) is 13.6 Å². The topological polar surface area (TPSA) is 27.0 Å². The van der Waals surface area contributed by atoms with Gasteiger partial charge in [0.1, 0.15) is 17.7 Å². The lowest BCUT2D eigenvalue weighted by atomic mass is 9.94. The van der Waals surface area contributed by atoms with Crippen LogP contribution in [0.1, 0.15) is 16.7 Å². The van der Waals surface area contributed by atoms with Gasteiger partial charge in [0.05, 0.1) is 5.56 Å². The van der Waals surface area contributed by atoms with Crippen molar-refractivity contribution in [1.29, 1.82) is 5.26 Å². The molecule has 0 spiro atoms. The van der Waals surface area contributed by atoms with Gasteiger partial charge < -0.3 is 0 Å². The Morgan fingerprint density at radius 2 is 2.00 bits per heavy atom. The van der Waals surface area contributed by atoms with E-state index >= 15 is 0 Å². The molecule has 1 heterocycles. The van der Waals surface area contributed by atoms with E-state index < -0.39 is 5.82 Å². The number of nitrogens with zero attached hydrogens (tertiary/aromatic N) is 2. The average Bonchev–Trinajstić information content (AvgIpc) is 2.92. The van der Waals surface area contributed by atoms with Crippen LogP contribution < -0.4 is 0 Å². The van der Waals surface area contributed by atoms with Crippen LogP contribution in [0.5, 0.6) is 0 Å². The molecule has 2 nitrogen and oxygen atoms in total. The first kappa shape index (κ1) is 15.7. The van der Waals surface area contributed by atoms with Crippen LogP contribution in [0, 0.1) is 29.9 Å². The Labute approximate surface area is 138 Å². The third kappa shape index (κ3) is 3.00. The van der Waals surface area contributed by atoms with Gasteiger partial charge in [-0.2, -0.15) is 5.26 Å². The van der Waals surface area contributed by atoms with Crippen molar-refractivity contribution in [3.05, 3.63) is 64.7 Å². The number of hydrogen-bond acceptors (Lipinski definition) is 3. The van der Waals surface area contributed by atoms with Gasteiger partial charge in [0.15, 0.2) is 0 Å². The second-order valence-corrected chi connectivity index (χ2v) is 6.67. The molecule has 0 atom stereocenters. The van der Waals surface area contributed by atoms with Gasteiger partial charge in [-0.05, 0) is 66.9 Å². The largest absolute Gasteiger partial charge is 0.246 e. The normalized spacial score (nSPS) is 14.7. The van der Waals surface area contributed by atoms with E-state index in [0.29, 0.717) is 11.1 Å². The molecular formula is C18H14F2N2S. The van der Waals surface area contributed by atoms with E-state index in [9.17, 15) is 8.78 Å². The van der Waals surface area contributed by atoms with Crippen LogP contribution in [0.2, 0.25) is 0 Å². The summed E-state index contributed by atoms with van der Waals surface area (Å²) in [6, 6.07) is 9.08. The molecule has 0 radical (unpaired) electrons. The fourth-order valence-electron chi connectivity index (χ4n) is 2.67. The fraction of sp³-hybridized carbons (Fsp3) is 0.167. The summed E-state index contributed by atoms with van der Waals surface area (Å²) >= 11 is 1.59. The second kappa shape index (κ2) is 6.15. The standard InChI is InChI=1S/C18H14F2N2S/c1-11-7-14(19)9-15(18(11)17-5-6-22(2)23-17)12-3-4-13(10-21)16(20)8-12/h3-5,7-9H,6H2,1-2H3. The molecule has 0 unspecified atom stereocenters. The first-order valence-electron chi connectivity index (χ1n) is 7.09. The summed E-state index contributed by atoms with van der Waals surface area (Å²) in [5, 5.41) is 8.86. The summed E-state index contributed by atoms with van der Waals surface area (Å²) in [5.41, 5.74) is 2.90. The van der Waals surface area contributed by atoms with Gasteiger partial charge in [-0.3, -0.25) is 0 Å². The molecule has 0 fully saturated rings. The Morgan fingerprint density at radius 3 is 2.61 bits per heavy atom. The quantitative estimate of drug-likeness (QED) is 0.745. The lowest BCUT2D eigenvalue weighted by Crippen LogP contribution is -2.02. The number of halogens is 2. The number of aryl methyl sites for hydroxylation is 1. The van der Waals surface area contributed by atoms with Crippen LogP contribution in [0.25, 0.3) is 16.0 Å². The van der Waals surface area contributed by atoms with Crippen molar-refractivity contribution in [2.24, 2.45) is 0 Å². The molecule has 116 valence electrons. The van der Waals surface area contributed by atoms with Gasteiger partial charge in [0.2, 0.25) is 0 Å². The molecule has 5 heteroatoms. The summed E-state index contributed by atoms with van der Waals surface area (Å²) in [5.74, 6) is -0.953. The Bertz CT molecular complexity index is 853. The molecule has 0 N–H and O–H groups in total. The Morgan fingerprint density at radius 1 is 1.22 bits per heavy atom. The van der Waals surface area contributed by atoms with Gasteiger partial charge >= 0.3 is 0 Å². The SMILES string of the molecule is Cc1cc(F)cc(-c2ccc(C#N)c(F)c2)c1C1=CCN(C)S1. The van der Waals surface area contributed by atoms with Crippen LogP contribution >= 0.6 is 11.9 Å². The number of nitriles is 1. The van der Waals surface area contributed by atoms with Gasteiger partial charge in [-0.25, -0.2) is 13.1 Å². The molecule has 2 aromatic carbocycles. The summed E-state index contributed by atoms with van der Waals surface area (Å²) in [4.78, 5) is 1.03. The zero-order valence-corrected chi connectivity index (χ0v) is 13.5. The van der Waals surface area contributed by atoms with Crippen LogP contribution in [0.4, 0.5) is 8.78 Å². The lowest BCUT2D eigenvalue weighted by Gasteiger charge is -2.15. The van der Waals surface area contributed by atoms with Crippen LogP contribution in [-0.2, 0) is 0 Å². The van der Waals surface area contributed by atoms with E-state index in [1.54, 1.807) is 24.1 Å². The third-order valence-electron chi connectivity index (χ3n) is 3.74. The van der Waals surface area contributed by atoms with Crippen molar-refractivity contribution in [2.45, 2.75) is 6.92 Å². The van der Waals surface area contributed by atoms with E-state index in [-0.39, 0.29) is 11.4 Å². The smallest absolute Gasteiger partial charge is 0.141 e. The molecule has 1 aliphatic rings. The summed E-state index contributed by atoms with van der Waals surface area (Å²) in [6.45, 7) is 2.65. The number of rotatable bonds is 2. The molecule has 0 aromatic heterocycles. The van der Waals surface area contributed by atoms with Crippen LogP contribution in [-0.4, -0.2) is 17.9 Å². The summed E-state index contributed by atoms with van der Waals surface area (Å²) in [7, 11) is 1.98. The second-order valence-electron chi connectivity index (χ2n) is 5.42. The maximum Gasteiger partial charge on any atom is 0.141 e. The van der Waals surface area contributed by atoms with E-state index in [4.69, 9.17) is 5.26 Å². The monoisotopic (exact) mass is 328 g/mol. The molecule has 0 amide bonds. The van der Waals surface area contributed by atoms with E-state index in [1.165, 1.54) is 24.3 Å². The Kier molecular flexibility index (Phi) is 4.20. The van der Waals surface area contributed by atoms with E-state index in [1.807, 2.05) is 14.0 Å². The minimum Gasteiger partial charge on any atom is -0.246 e. The molecule has 0 aliphatic carbocycles. The minimum absolute atomic E-state index is 0.0161. The molecule has 0 bridgehead atoms. The van der Waals surface area contributed by atoms with E-state index in [0.717, 1.165) is 22.6 Å². The zero-order chi connectivity index (χ0) is 16.6. The van der Waals surface area contributed by atoms with Gasteiger partial charge in [0.25, 0.3) is 0 Å². The highest BCUT2D eigenvalue weighted by molar-refractivity contribution is 8.06. The van der Waals surface area contributed by atoms with Crippen molar-refractivity contribution >= 4 is 16.9 Å². The summed E-state index contributed by atoms with van der Waals surface area (Å²) < 4.78 is 30.0. The molecule has 0 saturated carbocycles. The third-order valence-corrected chi connectivity index (χ3v) is 4.76. The lowest BCUT2D eigenvalue weighted by molar-refractivity contribution is 0.623. The van der Waals surface area contributed by atoms with E-state index in [2.05, 4.69) is 10.4 Å². The van der Waals surface area contributed by atoms with Crippen LogP contribution in [0.3, 0.4) is 0 Å². The average molecular weight is 328 g/mol. The number of hydrogen-bond donors (Lipinski definition) is 0. The predicted molar refractivity (Wildman–Crippen MR) is 89.4 cm³/mol. The zero-order valence-electron chi connectivity index (χ0n) is 12.7. The molecule has 0 saturated heterocycles. The van der Waals surface area contributed by atoms with Crippen molar-refractivity contribution < 1.29 is 8.78 Å². The minimum atomic E-state index is -0.594. The Balaban J connectivity index is 2.19. The fourth-order valence-corrected chi connectivity index (χ4v) is 3.67. The van der Waals surface area contributed by atoms with Gasteiger partial charge in [0, 0.05) is 17.0 Å².